The molecule has 0 saturated carbocycles. The number of hydrogen-bond acceptors (Lipinski definition) is 6. The number of amides is 2. The van der Waals surface area contributed by atoms with Crippen molar-refractivity contribution in [2.45, 2.75) is 19.1 Å². The van der Waals surface area contributed by atoms with E-state index in [1.54, 1.807) is 36.7 Å². The molecule has 1 aliphatic heterocycles. The van der Waals surface area contributed by atoms with Crippen molar-refractivity contribution in [1.82, 2.24) is 9.97 Å². The maximum atomic E-state index is 12.6. The molecule has 2 atom stereocenters. The average molecular weight is 384 g/mol. The molecule has 9 heteroatoms. The van der Waals surface area contributed by atoms with E-state index in [4.69, 9.17) is 15.2 Å². The highest BCUT2D eigenvalue weighted by molar-refractivity contribution is 7.14. The third-order valence-corrected chi connectivity index (χ3v) is 4.84. The number of fused-ring (bicyclic) bond motifs is 1. The number of anilines is 1. The quantitative estimate of drug-likeness (QED) is 0.638. The molecular formula is C18H16N4O4S. The number of rotatable bonds is 4. The highest BCUT2D eigenvalue weighted by Crippen LogP contribution is 2.34. The second kappa shape index (κ2) is 6.76. The van der Waals surface area contributed by atoms with Gasteiger partial charge in [0.2, 0.25) is 6.10 Å². The van der Waals surface area contributed by atoms with E-state index < -0.39 is 18.1 Å². The Morgan fingerprint density at radius 2 is 2.00 bits per heavy atom. The zero-order valence-electron chi connectivity index (χ0n) is 14.3. The number of nitrogens with zero attached hydrogens (tertiary/aromatic N) is 1. The Balaban J connectivity index is 1.47. The van der Waals surface area contributed by atoms with E-state index in [9.17, 15) is 9.59 Å². The summed E-state index contributed by atoms with van der Waals surface area (Å²) in [5, 5.41) is 4.96. The van der Waals surface area contributed by atoms with Gasteiger partial charge in [0.1, 0.15) is 11.8 Å². The summed E-state index contributed by atoms with van der Waals surface area (Å²) in [5.74, 6) is 0.253. The number of nitrogens with two attached hydrogens (primary N) is 1. The molecule has 8 nitrogen and oxygen atoms in total. The Morgan fingerprint density at radius 1 is 1.26 bits per heavy atom. The van der Waals surface area contributed by atoms with Crippen LogP contribution in [0.25, 0.3) is 11.3 Å². The van der Waals surface area contributed by atoms with Gasteiger partial charge in [-0.2, -0.15) is 0 Å². The van der Waals surface area contributed by atoms with E-state index in [1.165, 1.54) is 11.3 Å². The van der Waals surface area contributed by atoms with Crippen molar-refractivity contribution in [3.8, 4) is 22.8 Å². The number of carbonyl (C=O) groups excluding carboxylic acids is 2. The molecule has 0 bridgehead atoms. The van der Waals surface area contributed by atoms with E-state index in [2.05, 4.69) is 15.3 Å². The van der Waals surface area contributed by atoms with Gasteiger partial charge in [0.05, 0.1) is 5.69 Å². The van der Waals surface area contributed by atoms with E-state index in [-0.39, 0.29) is 5.91 Å². The molecule has 0 unspecified atom stereocenters. The fourth-order valence-electron chi connectivity index (χ4n) is 2.73. The molecule has 0 radical (unpaired) electrons. The standard InChI is InChI=1S/C18H16N4O4S/c1-9-15(26-14-5-3-2-4-13(14)25-9)17(24)22-18-21-12(8-27-18)10-6-11(16(19)23)20-7-10/h2-9,15,20H,1H3,(H2,19,23)(H,21,22,24)/t9-,15-/m1/s1. The summed E-state index contributed by atoms with van der Waals surface area (Å²) in [6, 6.07) is 8.82. The van der Waals surface area contributed by atoms with Crippen LogP contribution in [0.4, 0.5) is 5.13 Å². The lowest BCUT2D eigenvalue weighted by molar-refractivity contribution is -0.128. The summed E-state index contributed by atoms with van der Waals surface area (Å²) in [4.78, 5) is 31.0. The van der Waals surface area contributed by atoms with Gasteiger partial charge in [0, 0.05) is 17.1 Å². The van der Waals surface area contributed by atoms with Crippen LogP contribution < -0.4 is 20.5 Å². The fourth-order valence-corrected chi connectivity index (χ4v) is 3.45. The molecule has 4 rings (SSSR count). The summed E-state index contributed by atoms with van der Waals surface area (Å²) < 4.78 is 11.5. The van der Waals surface area contributed by atoms with Crippen LogP contribution in [0.2, 0.25) is 0 Å². The number of primary amides is 1. The molecule has 27 heavy (non-hydrogen) atoms. The van der Waals surface area contributed by atoms with Crippen molar-refractivity contribution in [3.63, 3.8) is 0 Å². The third-order valence-electron chi connectivity index (χ3n) is 4.08. The minimum absolute atomic E-state index is 0.295. The van der Waals surface area contributed by atoms with Crippen molar-refractivity contribution < 1.29 is 19.1 Å². The zero-order valence-corrected chi connectivity index (χ0v) is 15.1. The number of para-hydroxylation sites is 2. The predicted octanol–water partition coefficient (Wildman–Crippen LogP) is 2.40. The van der Waals surface area contributed by atoms with Gasteiger partial charge in [0.15, 0.2) is 16.6 Å². The second-order valence-electron chi connectivity index (χ2n) is 6.00. The minimum Gasteiger partial charge on any atom is -0.482 e. The number of aromatic amines is 1. The third kappa shape index (κ3) is 3.36. The molecule has 3 aromatic rings. The van der Waals surface area contributed by atoms with Gasteiger partial charge < -0.3 is 20.2 Å². The first-order valence-electron chi connectivity index (χ1n) is 8.18. The molecule has 0 spiro atoms. The molecule has 0 aliphatic carbocycles. The molecule has 0 fully saturated rings. The first-order chi connectivity index (χ1) is 13.0. The number of carbonyl (C=O) groups is 2. The number of thiazole rings is 1. The summed E-state index contributed by atoms with van der Waals surface area (Å²) in [7, 11) is 0. The van der Waals surface area contributed by atoms with Crippen LogP contribution in [0.15, 0.2) is 41.9 Å². The predicted molar refractivity (Wildman–Crippen MR) is 100.0 cm³/mol. The SMILES string of the molecule is C[C@H]1Oc2ccccc2O[C@H]1C(=O)Nc1nc(-c2c[nH]c(C(N)=O)c2)cs1. The van der Waals surface area contributed by atoms with Crippen LogP contribution in [0, 0.1) is 0 Å². The van der Waals surface area contributed by atoms with E-state index >= 15 is 0 Å². The Morgan fingerprint density at radius 3 is 2.70 bits per heavy atom. The van der Waals surface area contributed by atoms with E-state index in [0.29, 0.717) is 33.6 Å². The lowest BCUT2D eigenvalue weighted by Gasteiger charge is -2.30. The Kier molecular flexibility index (Phi) is 4.28. The average Bonchev–Trinajstić information content (AvgIpc) is 3.30. The summed E-state index contributed by atoms with van der Waals surface area (Å²) >= 11 is 1.27. The Hall–Kier alpha value is -3.33. The van der Waals surface area contributed by atoms with Crippen LogP contribution in [-0.4, -0.2) is 34.0 Å². The smallest absolute Gasteiger partial charge is 0.271 e. The highest BCUT2D eigenvalue weighted by atomic mass is 32.1. The molecule has 2 aromatic heterocycles. The lowest BCUT2D eigenvalue weighted by atomic mass is 10.1. The minimum atomic E-state index is -0.791. The van der Waals surface area contributed by atoms with Crippen LogP contribution in [0.1, 0.15) is 17.4 Å². The van der Waals surface area contributed by atoms with Crippen LogP contribution in [-0.2, 0) is 4.79 Å². The van der Waals surface area contributed by atoms with E-state index in [1.807, 2.05) is 12.1 Å². The number of aromatic nitrogens is 2. The van der Waals surface area contributed by atoms with Gasteiger partial charge in [-0.05, 0) is 25.1 Å². The first-order valence-corrected chi connectivity index (χ1v) is 9.06. The number of ether oxygens (including phenoxy) is 2. The number of hydrogen-bond donors (Lipinski definition) is 3. The molecule has 2 amide bonds. The van der Waals surface area contributed by atoms with Gasteiger partial charge in [-0.3, -0.25) is 14.9 Å². The summed E-state index contributed by atoms with van der Waals surface area (Å²) in [5.41, 5.74) is 6.86. The Labute approximate surface area is 158 Å². The summed E-state index contributed by atoms with van der Waals surface area (Å²) in [6.07, 6.45) is 0.404. The maximum absolute atomic E-state index is 12.6. The topological polar surface area (TPSA) is 119 Å². The maximum Gasteiger partial charge on any atom is 0.271 e. The van der Waals surface area contributed by atoms with Crippen LogP contribution in [0.3, 0.4) is 0 Å². The Bertz CT molecular complexity index is 1010. The second-order valence-corrected chi connectivity index (χ2v) is 6.86. The zero-order chi connectivity index (χ0) is 19.0. The molecule has 1 aliphatic rings. The van der Waals surface area contributed by atoms with Crippen LogP contribution >= 0.6 is 11.3 Å². The monoisotopic (exact) mass is 384 g/mol. The lowest BCUT2D eigenvalue weighted by Crippen LogP contribution is -2.46. The van der Waals surface area contributed by atoms with Crippen molar-refractivity contribution in [1.29, 1.82) is 0 Å². The highest BCUT2D eigenvalue weighted by Gasteiger charge is 2.34. The van der Waals surface area contributed by atoms with Gasteiger partial charge in [-0.15, -0.1) is 11.3 Å². The first kappa shape index (κ1) is 17.1. The molecule has 3 heterocycles. The number of benzene rings is 1. The number of nitrogens with one attached hydrogen (secondary N) is 2. The van der Waals surface area contributed by atoms with Gasteiger partial charge in [0.25, 0.3) is 11.8 Å². The fraction of sp³-hybridized carbons (Fsp3) is 0.167. The normalized spacial score (nSPS) is 18.1. The van der Waals surface area contributed by atoms with Gasteiger partial charge in [-0.25, -0.2) is 4.98 Å². The van der Waals surface area contributed by atoms with Crippen LogP contribution in [0.5, 0.6) is 11.5 Å². The van der Waals surface area contributed by atoms with E-state index in [0.717, 1.165) is 0 Å². The number of H-pyrrole nitrogens is 1. The summed E-state index contributed by atoms with van der Waals surface area (Å²) in [6.45, 7) is 1.78. The molecule has 0 saturated heterocycles. The molecule has 1 aromatic carbocycles. The molecule has 138 valence electrons. The largest absolute Gasteiger partial charge is 0.482 e. The molecular weight excluding hydrogens is 368 g/mol. The van der Waals surface area contributed by atoms with Crippen molar-refractivity contribution in [2.24, 2.45) is 5.73 Å². The molecule has 4 N–H and O–H groups in total. The van der Waals surface area contributed by atoms with Crippen molar-refractivity contribution in [3.05, 3.63) is 47.6 Å². The van der Waals surface area contributed by atoms with Crippen molar-refractivity contribution >= 4 is 28.3 Å². The van der Waals surface area contributed by atoms with Gasteiger partial charge in [-0.1, -0.05) is 12.1 Å². The van der Waals surface area contributed by atoms with Crippen molar-refractivity contribution in [2.75, 3.05) is 5.32 Å². The van der Waals surface area contributed by atoms with Gasteiger partial charge >= 0.3 is 0 Å².